The topological polar surface area (TPSA) is 49.9 Å². The van der Waals surface area contributed by atoms with E-state index >= 15 is 0 Å². The van der Waals surface area contributed by atoms with E-state index in [1.807, 2.05) is 55.6 Å². The summed E-state index contributed by atoms with van der Waals surface area (Å²) in [4.78, 5) is 5.55. The van der Waals surface area contributed by atoms with Gasteiger partial charge in [-0.05, 0) is 85.4 Å². The highest BCUT2D eigenvalue weighted by atomic mass is 16.5. The minimum absolute atomic E-state index is 0.168. The number of allylic oxidation sites excluding steroid dienone is 3. The molecule has 5 nitrogen and oxygen atoms in total. The standard InChI is InChI=1S/C28H27N3O2/c1-30-27(20-29)22-18-26(33-28(19-22)16-4-5-17-28)13-8-21-6-9-23(10-7-21)31(2)24-11-14-25(32-3)15-12-24/h6-15,18H,4-5,16-17,19H2,2-3H3/b13-8+,27-22+. The fourth-order valence-electron chi connectivity index (χ4n) is 4.53. The number of anilines is 2. The van der Waals surface area contributed by atoms with Gasteiger partial charge >= 0.3 is 0 Å². The van der Waals surface area contributed by atoms with Gasteiger partial charge in [0.1, 0.15) is 17.1 Å². The predicted octanol–water partition coefficient (Wildman–Crippen LogP) is 6.79. The summed E-state index contributed by atoms with van der Waals surface area (Å²) in [7, 11) is 3.70. The molecule has 0 atom stereocenters. The SMILES string of the molecule is [C-]#[N+]/C(C#N)=C1C=C(/C=C/c2ccc(N(C)c3ccc(OC)cc3)cc2)OC2(CCCC2)C\1. The van der Waals surface area contributed by atoms with Gasteiger partial charge in [-0.3, -0.25) is 0 Å². The fourth-order valence-corrected chi connectivity index (χ4v) is 4.53. The lowest BCUT2D eigenvalue weighted by Crippen LogP contribution is -2.31. The van der Waals surface area contributed by atoms with Crippen molar-refractivity contribution in [3.63, 3.8) is 0 Å². The van der Waals surface area contributed by atoms with Crippen LogP contribution in [0.1, 0.15) is 37.7 Å². The van der Waals surface area contributed by atoms with E-state index in [0.29, 0.717) is 12.2 Å². The molecular formula is C28H27N3O2. The number of hydrogen-bond acceptors (Lipinski definition) is 4. The Labute approximate surface area is 195 Å². The summed E-state index contributed by atoms with van der Waals surface area (Å²) in [5, 5.41) is 9.36. The second-order valence-corrected chi connectivity index (χ2v) is 8.50. The molecule has 1 aliphatic carbocycles. The van der Waals surface area contributed by atoms with Crippen LogP contribution in [0.15, 0.2) is 77.7 Å². The summed E-state index contributed by atoms with van der Waals surface area (Å²) in [6.45, 7) is 7.34. The van der Waals surface area contributed by atoms with Crippen molar-refractivity contribution < 1.29 is 9.47 Å². The van der Waals surface area contributed by atoms with Gasteiger partial charge in [0, 0.05) is 24.8 Å². The van der Waals surface area contributed by atoms with E-state index in [1.165, 1.54) is 0 Å². The van der Waals surface area contributed by atoms with Crippen molar-refractivity contribution >= 4 is 17.5 Å². The van der Waals surface area contributed by atoms with Crippen LogP contribution in [0.3, 0.4) is 0 Å². The molecule has 1 heterocycles. The molecule has 1 fully saturated rings. The number of nitriles is 1. The second-order valence-electron chi connectivity index (χ2n) is 8.50. The number of ether oxygens (including phenoxy) is 2. The lowest BCUT2D eigenvalue weighted by molar-refractivity contribution is 0.00776. The molecule has 2 aliphatic rings. The van der Waals surface area contributed by atoms with Crippen molar-refractivity contribution in [3.05, 3.63) is 94.7 Å². The van der Waals surface area contributed by atoms with Crippen LogP contribution in [-0.2, 0) is 4.74 Å². The average molecular weight is 438 g/mol. The van der Waals surface area contributed by atoms with Crippen LogP contribution in [0, 0.1) is 17.9 Å². The average Bonchev–Trinajstić information content (AvgIpc) is 3.30. The Hall–Kier alpha value is -3.96. The van der Waals surface area contributed by atoms with Gasteiger partial charge in [-0.25, -0.2) is 10.1 Å². The predicted molar refractivity (Wildman–Crippen MR) is 131 cm³/mol. The number of benzene rings is 2. The molecule has 4 rings (SSSR count). The molecule has 2 aromatic carbocycles. The molecule has 0 aromatic heterocycles. The number of methoxy groups -OCH3 is 1. The van der Waals surface area contributed by atoms with Crippen molar-refractivity contribution in [1.29, 1.82) is 5.26 Å². The minimum atomic E-state index is -0.276. The quantitative estimate of drug-likeness (QED) is 0.382. The van der Waals surface area contributed by atoms with Crippen LogP contribution in [0.2, 0.25) is 0 Å². The Bertz CT molecular complexity index is 1150. The normalized spacial score (nSPS) is 18.2. The van der Waals surface area contributed by atoms with Gasteiger partial charge in [-0.15, -0.1) is 0 Å². The van der Waals surface area contributed by atoms with Crippen molar-refractivity contribution in [2.45, 2.75) is 37.7 Å². The van der Waals surface area contributed by atoms with Gasteiger partial charge in [0.2, 0.25) is 0 Å². The summed E-state index contributed by atoms with van der Waals surface area (Å²) >= 11 is 0. The zero-order valence-corrected chi connectivity index (χ0v) is 19.0. The number of nitrogens with zero attached hydrogens (tertiary/aromatic N) is 3. The molecule has 0 bridgehead atoms. The third-order valence-corrected chi connectivity index (χ3v) is 6.38. The highest BCUT2D eigenvalue weighted by Crippen LogP contribution is 2.44. The molecule has 0 N–H and O–H groups in total. The third-order valence-electron chi connectivity index (χ3n) is 6.38. The molecule has 33 heavy (non-hydrogen) atoms. The molecule has 166 valence electrons. The molecule has 1 saturated carbocycles. The minimum Gasteiger partial charge on any atom is -0.497 e. The molecule has 0 amide bonds. The second kappa shape index (κ2) is 9.67. The molecule has 1 spiro atoms. The van der Waals surface area contributed by atoms with Gasteiger partial charge < -0.3 is 14.4 Å². The van der Waals surface area contributed by atoms with E-state index in [1.54, 1.807) is 7.11 Å². The van der Waals surface area contributed by atoms with Crippen LogP contribution in [0.5, 0.6) is 5.75 Å². The zero-order chi connectivity index (χ0) is 23.3. The van der Waals surface area contributed by atoms with Crippen molar-refractivity contribution in [2.24, 2.45) is 0 Å². The lowest BCUT2D eigenvalue weighted by Gasteiger charge is -2.35. The highest BCUT2D eigenvalue weighted by Gasteiger charge is 2.39. The first kappa shape index (κ1) is 22.2. The van der Waals surface area contributed by atoms with Crippen LogP contribution in [0.25, 0.3) is 10.9 Å². The maximum absolute atomic E-state index is 9.36. The zero-order valence-electron chi connectivity index (χ0n) is 19.0. The maximum atomic E-state index is 9.36. The highest BCUT2D eigenvalue weighted by molar-refractivity contribution is 5.65. The van der Waals surface area contributed by atoms with Crippen LogP contribution in [0.4, 0.5) is 11.4 Å². The van der Waals surface area contributed by atoms with Crippen LogP contribution in [-0.4, -0.2) is 19.8 Å². The largest absolute Gasteiger partial charge is 0.497 e. The molecule has 2 aromatic rings. The molecular weight excluding hydrogens is 410 g/mol. The first-order valence-corrected chi connectivity index (χ1v) is 11.1. The van der Waals surface area contributed by atoms with Gasteiger partial charge in [-0.1, -0.05) is 18.2 Å². The van der Waals surface area contributed by atoms with Gasteiger partial charge in [0.25, 0.3) is 5.70 Å². The molecule has 0 saturated heterocycles. The monoisotopic (exact) mass is 437 g/mol. The number of hydrogen-bond donors (Lipinski definition) is 0. The Kier molecular flexibility index (Phi) is 6.52. The lowest BCUT2D eigenvalue weighted by atomic mass is 9.88. The summed E-state index contributed by atoms with van der Waals surface area (Å²) < 4.78 is 11.6. The van der Waals surface area contributed by atoms with Crippen molar-refractivity contribution in [3.8, 4) is 11.8 Å². The van der Waals surface area contributed by atoms with E-state index in [2.05, 4.69) is 34.0 Å². The van der Waals surface area contributed by atoms with E-state index in [0.717, 1.165) is 53.9 Å². The molecule has 0 radical (unpaired) electrons. The third kappa shape index (κ3) is 4.94. The Morgan fingerprint density at radius 3 is 2.30 bits per heavy atom. The summed E-state index contributed by atoms with van der Waals surface area (Å²) in [6, 6.07) is 18.3. The van der Waals surface area contributed by atoms with E-state index in [-0.39, 0.29) is 11.3 Å². The molecule has 0 unspecified atom stereocenters. The Morgan fingerprint density at radius 2 is 1.73 bits per heavy atom. The van der Waals surface area contributed by atoms with Crippen molar-refractivity contribution in [1.82, 2.24) is 0 Å². The number of rotatable bonds is 5. The smallest absolute Gasteiger partial charge is 0.265 e. The first-order chi connectivity index (χ1) is 16.1. The van der Waals surface area contributed by atoms with Gasteiger partial charge in [-0.2, -0.15) is 0 Å². The summed E-state index contributed by atoms with van der Waals surface area (Å²) in [6.07, 6.45) is 10.6. The fraction of sp³-hybridized carbons (Fsp3) is 0.286. The van der Waals surface area contributed by atoms with Gasteiger partial charge in [0.05, 0.1) is 19.8 Å². The van der Waals surface area contributed by atoms with E-state index in [9.17, 15) is 5.26 Å². The summed E-state index contributed by atoms with van der Waals surface area (Å²) in [5.41, 5.74) is 3.89. The molecule has 1 aliphatic heterocycles. The van der Waals surface area contributed by atoms with Crippen LogP contribution >= 0.6 is 0 Å². The first-order valence-electron chi connectivity index (χ1n) is 11.1. The summed E-state index contributed by atoms with van der Waals surface area (Å²) in [5.74, 6) is 1.55. The Balaban J connectivity index is 1.52. The molecule has 5 heteroatoms. The van der Waals surface area contributed by atoms with Crippen LogP contribution < -0.4 is 9.64 Å². The van der Waals surface area contributed by atoms with Crippen molar-refractivity contribution in [2.75, 3.05) is 19.1 Å². The van der Waals surface area contributed by atoms with E-state index in [4.69, 9.17) is 16.0 Å². The van der Waals surface area contributed by atoms with E-state index < -0.39 is 0 Å². The van der Waals surface area contributed by atoms with Gasteiger partial charge in [0.15, 0.2) is 0 Å². The maximum Gasteiger partial charge on any atom is 0.265 e. The Morgan fingerprint density at radius 1 is 1.09 bits per heavy atom.